The van der Waals surface area contributed by atoms with Crippen LogP contribution in [0.3, 0.4) is 0 Å². The largest absolute Gasteiger partial charge is 0.463 e. The fraction of sp³-hybridized carbons (Fsp3) is 0.174. The van der Waals surface area contributed by atoms with Gasteiger partial charge in [-0.3, -0.25) is 19.5 Å². The van der Waals surface area contributed by atoms with Gasteiger partial charge in [-0.1, -0.05) is 51.5 Å². The first-order chi connectivity index (χ1) is 15.8. The molecule has 2 heterocycles. The number of nitro benzene ring substituents is 1. The van der Waals surface area contributed by atoms with Crippen LogP contribution in [0.2, 0.25) is 0 Å². The molecule has 1 unspecified atom stereocenters. The zero-order valence-electron chi connectivity index (χ0n) is 17.6. The highest BCUT2D eigenvalue weighted by Gasteiger charge is 2.36. The van der Waals surface area contributed by atoms with Crippen molar-refractivity contribution in [1.29, 1.82) is 0 Å². The zero-order chi connectivity index (χ0) is 23.7. The number of benzene rings is 2. The molecule has 3 aromatic rings. The van der Waals surface area contributed by atoms with Crippen LogP contribution in [0.5, 0.6) is 0 Å². The maximum Gasteiger partial charge on any atom is 0.338 e. The Morgan fingerprint density at radius 3 is 2.64 bits per heavy atom. The van der Waals surface area contributed by atoms with E-state index >= 15 is 0 Å². The lowest BCUT2D eigenvalue weighted by molar-refractivity contribution is -0.385. The van der Waals surface area contributed by atoms with E-state index in [1.165, 1.54) is 10.6 Å². The quantitative estimate of drug-likeness (QED) is 0.287. The van der Waals surface area contributed by atoms with Crippen molar-refractivity contribution < 1.29 is 14.5 Å². The highest BCUT2D eigenvalue weighted by Crippen LogP contribution is 2.35. The van der Waals surface area contributed by atoms with Crippen molar-refractivity contribution in [2.24, 2.45) is 4.99 Å². The number of carbonyl (C=O) groups excluding carboxylic acids is 1. The second kappa shape index (κ2) is 9.24. The maximum absolute atomic E-state index is 13.5. The van der Waals surface area contributed by atoms with Crippen LogP contribution in [0.4, 0.5) is 5.69 Å². The van der Waals surface area contributed by atoms with Crippen molar-refractivity contribution in [2.45, 2.75) is 19.9 Å². The Kier molecular flexibility index (Phi) is 6.39. The second-order valence-corrected chi connectivity index (χ2v) is 9.09. The number of halogens is 1. The monoisotopic (exact) mass is 527 g/mol. The van der Waals surface area contributed by atoms with E-state index in [9.17, 15) is 19.7 Å². The first-order valence-electron chi connectivity index (χ1n) is 10.0. The number of allylic oxidation sites excluding steroid dienone is 1. The number of ether oxygens (including phenoxy) is 1. The lowest BCUT2D eigenvalue weighted by atomic mass is 9.94. The van der Waals surface area contributed by atoms with Crippen LogP contribution in [-0.2, 0) is 9.53 Å². The molecule has 8 nitrogen and oxygen atoms in total. The van der Waals surface area contributed by atoms with Crippen molar-refractivity contribution in [2.75, 3.05) is 6.61 Å². The molecule has 1 aromatic heterocycles. The van der Waals surface area contributed by atoms with Crippen LogP contribution >= 0.6 is 27.3 Å². The van der Waals surface area contributed by atoms with Gasteiger partial charge in [-0.25, -0.2) is 9.79 Å². The van der Waals surface area contributed by atoms with Crippen molar-refractivity contribution in [1.82, 2.24) is 4.57 Å². The highest BCUT2D eigenvalue weighted by molar-refractivity contribution is 9.10. The summed E-state index contributed by atoms with van der Waals surface area (Å²) in [5, 5.41) is 11.8. The minimum Gasteiger partial charge on any atom is -0.463 e. The molecule has 33 heavy (non-hydrogen) atoms. The topological polar surface area (TPSA) is 104 Å². The number of nitrogens with zero attached hydrogens (tertiary/aromatic N) is 3. The molecule has 0 N–H and O–H groups in total. The van der Waals surface area contributed by atoms with Gasteiger partial charge in [-0.2, -0.15) is 0 Å². The Morgan fingerprint density at radius 1 is 1.27 bits per heavy atom. The fourth-order valence-corrected chi connectivity index (χ4v) is 4.99. The van der Waals surface area contributed by atoms with Crippen molar-refractivity contribution >= 4 is 45.0 Å². The van der Waals surface area contributed by atoms with Gasteiger partial charge in [0, 0.05) is 10.5 Å². The molecule has 0 fully saturated rings. The summed E-state index contributed by atoms with van der Waals surface area (Å²) >= 11 is 4.55. The Hall–Kier alpha value is -3.37. The third-order valence-electron chi connectivity index (χ3n) is 5.11. The highest BCUT2D eigenvalue weighted by atomic mass is 79.9. The molecular weight excluding hydrogens is 510 g/mol. The van der Waals surface area contributed by atoms with E-state index in [0.717, 1.165) is 21.4 Å². The van der Waals surface area contributed by atoms with Crippen LogP contribution in [0.1, 0.15) is 31.0 Å². The maximum atomic E-state index is 13.5. The van der Waals surface area contributed by atoms with E-state index in [1.807, 2.05) is 24.3 Å². The van der Waals surface area contributed by atoms with Crippen LogP contribution in [0.25, 0.3) is 6.08 Å². The van der Waals surface area contributed by atoms with Crippen LogP contribution < -0.4 is 14.9 Å². The number of para-hydroxylation sites is 1. The molecule has 0 saturated heterocycles. The van der Waals surface area contributed by atoms with E-state index in [0.29, 0.717) is 15.0 Å². The normalized spacial score (nSPS) is 15.7. The summed E-state index contributed by atoms with van der Waals surface area (Å²) in [7, 11) is 0. The fourth-order valence-electron chi connectivity index (χ4n) is 3.68. The van der Waals surface area contributed by atoms with Gasteiger partial charge in [0.1, 0.15) is 6.04 Å². The Morgan fingerprint density at radius 2 is 1.97 bits per heavy atom. The number of rotatable bonds is 5. The SMILES string of the molecule is CCOC(=O)C1=C(C)N=c2sc(=Cc3ccc(Br)cc3)c(=O)n2C1c1ccccc1[N+](=O)[O-]. The average Bonchev–Trinajstić information content (AvgIpc) is 3.09. The molecule has 1 aliphatic rings. The molecule has 10 heteroatoms. The van der Waals surface area contributed by atoms with Crippen LogP contribution in [0, 0.1) is 10.1 Å². The van der Waals surface area contributed by atoms with Gasteiger partial charge in [0.2, 0.25) is 0 Å². The minimum atomic E-state index is -1.03. The average molecular weight is 528 g/mol. The molecule has 0 aliphatic carbocycles. The number of thiazole rings is 1. The molecule has 0 bridgehead atoms. The van der Waals surface area contributed by atoms with Crippen molar-refractivity contribution in [3.05, 3.63) is 105 Å². The van der Waals surface area contributed by atoms with E-state index in [1.54, 1.807) is 38.1 Å². The molecule has 0 saturated carbocycles. The smallest absolute Gasteiger partial charge is 0.338 e. The lowest BCUT2D eigenvalue weighted by Crippen LogP contribution is -2.40. The van der Waals surface area contributed by atoms with Crippen LogP contribution in [0.15, 0.2) is 74.1 Å². The predicted octanol–water partition coefficient (Wildman–Crippen LogP) is 3.47. The number of hydrogen-bond donors (Lipinski definition) is 0. The second-order valence-electron chi connectivity index (χ2n) is 7.17. The summed E-state index contributed by atoms with van der Waals surface area (Å²) in [6.45, 7) is 3.42. The molecule has 0 radical (unpaired) electrons. The van der Waals surface area contributed by atoms with Crippen molar-refractivity contribution in [3.63, 3.8) is 0 Å². The van der Waals surface area contributed by atoms with Crippen LogP contribution in [-0.4, -0.2) is 22.1 Å². The number of nitro groups is 1. The summed E-state index contributed by atoms with van der Waals surface area (Å²) in [5.41, 5.74) is 0.908. The molecule has 0 spiro atoms. The first kappa shape index (κ1) is 22.8. The van der Waals surface area contributed by atoms with Crippen molar-refractivity contribution in [3.8, 4) is 0 Å². The summed E-state index contributed by atoms with van der Waals surface area (Å²) in [6, 6.07) is 12.5. The summed E-state index contributed by atoms with van der Waals surface area (Å²) in [6.07, 6.45) is 1.73. The number of carbonyl (C=O) groups is 1. The van der Waals surface area contributed by atoms with Gasteiger partial charge >= 0.3 is 5.97 Å². The molecule has 2 aromatic carbocycles. The zero-order valence-corrected chi connectivity index (χ0v) is 20.1. The molecular formula is C23H18BrN3O5S. The Bertz CT molecular complexity index is 1470. The third-order valence-corrected chi connectivity index (χ3v) is 6.62. The molecule has 168 valence electrons. The number of esters is 1. The van der Waals surface area contributed by atoms with E-state index in [4.69, 9.17) is 4.74 Å². The van der Waals surface area contributed by atoms with Gasteiger partial charge in [0.25, 0.3) is 11.2 Å². The first-order valence-corrected chi connectivity index (χ1v) is 11.6. The molecule has 1 aliphatic heterocycles. The van der Waals surface area contributed by atoms with Gasteiger partial charge in [0.05, 0.1) is 32.9 Å². The van der Waals surface area contributed by atoms with Gasteiger partial charge < -0.3 is 4.74 Å². The Balaban J connectivity index is 2.01. The van der Waals surface area contributed by atoms with E-state index < -0.39 is 16.9 Å². The van der Waals surface area contributed by atoms with E-state index in [-0.39, 0.29) is 29.0 Å². The predicted molar refractivity (Wildman–Crippen MR) is 128 cm³/mol. The summed E-state index contributed by atoms with van der Waals surface area (Å²) in [4.78, 5) is 42.5. The van der Waals surface area contributed by atoms with Gasteiger partial charge in [-0.05, 0) is 43.7 Å². The number of fused-ring (bicyclic) bond motifs is 1. The number of hydrogen-bond acceptors (Lipinski definition) is 7. The summed E-state index contributed by atoms with van der Waals surface area (Å²) < 4.78 is 7.88. The molecule has 0 amide bonds. The molecule has 4 rings (SSSR count). The minimum absolute atomic E-state index is 0.105. The summed E-state index contributed by atoms with van der Waals surface area (Å²) in [5.74, 6) is -0.663. The standard InChI is InChI=1S/C23H18BrN3O5S/c1-3-32-22(29)19-13(2)25-23-26(20(19)16-6-4-5-7-17(16)27(30)31)21(28)18(33-23)12-14-8-10-15(24)11-9-14/h4-12,20H,3H2,1-2H3. The lowest BCUT2D eigenvalue weighted by Gasteiger charge is -2.24. The van der Waals surface area contributed by atoms with Gasteiger partial charge in [0.15, 0.2) is 4.80 Å². The third kappa shape index (κ3) is 4.31. The Labute approximate surface area is 200 Å². The van der Waals surface area contributed by atoms with Gasteiger partial charge in [-0.15, -0.1) is 0 Å². The van der Waals surface area contributed by atoms with E-state index in [2.05, 4.69) is 20.9 Å². The molecule has 1 atom stereocenters. The number of aromatic nitrogens is 1.